The van der Waals surface area contributed by atoms with Crippen molar-refractivity contribution in [3.63, 3.8) is 0 Å². The van der Waals surface area contributed by atoms with Gasteiger partial charge in [0.2, 0.25) is 5.91 Å². The van der Waals surface area contributed by atoms with Gasteiger partial charge in [0.1, 0.15) is 0 Å². The summed E-state index contributed by atoms with van der Waals surface area (Å²) in [5.41, 5.74) is 1.17. The van der Waals surface area contributed by atoms with E-state index in [9.17, 15) is 19.7 Å². The van der Waals surface area contributed by atoms with Crippen LogP contribution in [0.2, 0.25) is 5.02 Å². The van der Waals surface area contributed by atoms with Gasteiger partial charge in [-0.25, -0.2) is 0 Å². The molecule has 3 rings (SSSR count). The van der Waals surface area contributed by atoms with Crippen molar-refractivity contribution in [1.82, 2.24) is 5.32 Å². The van der Waals surface area contributed by atoms with Gasteiger partial charge in [-0.2, -0.15) is 0 Å². The van der Waals surface area contributed by atoms with E-state index in [0.29, 0.717) is 29.5 Å². The molecule has 2 N–H and O–H groups in total. The van der Waals surface area contributed by atoms with Gasteiger partial charge in [-0.1, -0.05) is 17.7 Å². The smallest absolute Gasteiger partial charge is 0.270 e. The first-order valence-electron chi connectivity index (χ1n) is 7.81. The third-order valence-electron chi connectivity index (χ3n) is 3.90. The monoisotopic (exact) mass is 374 g/mol. The van der Waals surface area contributed by atoms with Crippen molar-refractivity contribution in [2.45, 2.75) is 0 Å². The van der Waals surface area contributed by atoms with E-state index >= 15 is 0 Å². The molecule has 134 valence electrons. The molecule has 1 fully saturated rings. The standard InChI is InChI=1S/C17H15ClN4O4/c18-14-9-12(4-5-15(14)21-7-6-19-16(23)10-21)20-17(24)11-2-1-3-13(8-11)22(25)26/h1-5,8-9H,6-7,10H2,(H,19,23)(H,20,24). The lowest BCUT2D eigenvalue weighted by Gasteiger charge is -2.29. The molecule has 0 radical (unpaired) electrons. The van der Waals surface area contributed by atoms with Gasteiger partial charge < -0.3 is 15.5 Å². The Morgan fingerprint density at radius 3 is 2.77 bits per heavy atom. The van der Waals surface area contributed by atoms with E-state index < -0.39 is 10.8 Å². The highest BCUT2D eigenvalue weighted by Gasteiger charge is 2.19. The van der Waals surface area contributed by atoms with Gasteiger partial charge in [-0.15, -0.1) is 0 Å². The minimum Gasteiger partial charge on any atom is -0.359 e. The molecule has 0 saturated carbocycles. The van der Waals surface area contributed by atoms with E-state index in [0.717, 1.165) is 0 Å². The largest absolute Gasteiger partial charge is 0.359 e. The fraction of sp³-hybridized carbons (Fsp3) is 0.176. The van der Waals surface area contributed by atoms with Crippen LogP contribution in [0.1, 0.15) is 10.4 Å². The number of rotatable bonds is 4. The zero-order valence-electron chi connectivity index (χ0n) is 13.6. The summed E-state index contributed by atoms with van der Waals surface area (Å²) < 4.78 is 0. The van der Waals surface area contributed by atoms with Crippen LogP contribution in [-0.4, -0.2) is 36.4 Å². The van der Waals surface area contributed by atoms with Gasteiger partial charge >= 0.3 is 0 Å². The van der Waals surface area contributed by atoms with Crippen LogP contribution in [0.15, 0.2) is 42.5 Å². The minimum absolute atomic E-state index is 0.0737. The predicted octanol–water partition coefficient (Wildman–Crippen LogP) is 2.44. The number of nitro groups is 1. The van der Waals surface area contributed by atoms with Crippen molar-refractivity contribution in [3.05, 3.63) is 63.2 Å². The molecule has 2 aromatic carbocycles. The Bertz CT molecular complexity index is 887. The highest BCUT2D eigenvalue weighted by Crippen LogP contribution is 2.29. The van der Waals surface area contributed by atoms with Gasteiger partial charge in [-0.3, -0.25) is 19.7 Å². The van der Waals surface area contributed by atoms with E-state index in [1.54, 1.807) is 18.2 Å². The van der Waals surface area contributed by atoms with E-state index in [4.69, 9.17) is 11.6 Å². The second-order valence-electron chi connectivity index (χ2n) is 5.70. The number of non-ortho nitro benzene ring substituents is 1. The van der Waals surface area contributed by atoms with Crippen LogP contribution < -0.4 is 15.5 Å². The minimum atomic E-state index is -0.558. The number of carbonyl (C=O) groups excluding carboxylic acids is 2. The maximum absolute atomic E-state index is 12.3. The molecule has 0 spiro atoms. The highest BCUT2D eigenvalue weighted by atomic mass is 35.5. The van der Waals surface area contributed by atoms with Crippen LogP contribution in [-0.2, 0) is 4.79 Å². The number of hydrogen-bond acceptors (Lipinski definition) is 5. The number of halogens is 1. The molecule has 8 nitrogen and oxygen atoms in total. The Hall–Kier alpha value is -3.13. The molecule has 0 aliphatic carbocycles. The van der Waals surface area contributed by atoms with Crippen LogP contribution >= 0.6 is 11.6 Å². The first kappa shape index (κ1) is 17.7. The molecule has 1 heterocycles. The Morgan fingerprint density at radius 1 is 1.27 bits per heavy atom. The summed E-state index contributed by atoms with van der Waals surface area (Å²) in [4.78, 5) is 35.9. The lowest BCUT2D eigenvalue weighted by atomic mass is 10.1. The summed E-state index contributed by atoms with van der Waals surface area (Å²) in [6, 6.07) is 10.4. The summed E-state index contributed by atoms with van der Waals surface area (Å²) in [6.45, 7) is 1.41. The molecule has 1 aliphatic rings. The molecular formula is C17H15ClN4O4. The summed E-state index contributed by atoms with van der Waals surface area (Å²) >= 11 is 6.29. The maximum atomic E-state index is 12.3. The number of nitrogens with one attached hydrogen (secondary N) is 2. The average molecular weight is 375 g/mol. The molecule has 2 aromatic rings. The van der Waals surface area contributed by atoms with E-state index in [-0.39, 0.29) is 23.7 Å². The third kappa shape index (κ3) is 3.92. The molecule has 9 heteroatoms. The van der Waals surface area contributed by atoms with Gasteiger partial charge in [-0.05, 0) is 24.3 Å². The predicted molar refractivity (Wildman–Crippen MR) is 97.7 cm³/mol. The zero-order chi connectivity index (χ0) is 18.7. The molecule has 0 atom stereocenters. The number of nitro benzene ring substituents is 1. The van der Waals surface area contributed by atoms with Crippen LogP contribution in [0.3, 0.4) is 0 Å². The zero-order valence-corrected chi connectivity index (χ0v) is 14.3. The maximum Gasteiger partial charge on any atom is 0.270 e. The lowest BCUT2D eigenvalue weighted by Crippen LogP contribution is -2.47. The van der Waals surface area contributed by atoms with Crippen LogP contribution in [0, 0.1) is 10.1 Å². The number of amides is 2. The third-order valence-corrected chi connectivity index (χ3v) is 4.21. The summed E-state index contributed by atoms with van der Waals surface area (Å²) in [5.74, 6) is -0.551. The van der Waals surface area contributed by atoms with E-state index in [2.05, 4.69) is 10.6 Å². The number of anilines is 2. The molecule has 0 bridgehead atoms. The van der Waals surface area contributed by atoms with Crippen LogP contribution in [0.5, 0.6) is 0 Å². The Labute approximate surface area is 153 Å². The number of nitrogens with zero attached hydrogens (tertiary/aromatic N) is 2. The van der Waals surface area contributed by atoms with Gasteiger partial charge in [0, 0.05) is 36.5 Å². The van der Waals surface area contributed by atoms with Gasteiger partial charge in [0.15, 0.2) is 0 Å². The average Bonchev–Trinajstić information content (AvgIpc) is 2.62. The molecule has 2 amide bonds. The topological polar surface area (TPSA) is 105 Å². The van der Waals surface area contributed by atoms with Crippen molar-refractivity contribution in [1.29, 1.82) is 0 Å². The number of piperazine rings is 1. The second-order valence-corrected chi connectivity index (χ2v) is 6.11. The fourth-order valence-corrected chi connectivity index (χ4v) is 2.95. The summed E-state index contributed by atoms with van der Waals surface area (Å²) in [7, 11) is 0. The number of carbonyl (C=O) groups is 2. The van der Waals surface area contributed by atoms with Crippen molar-refractivity contribution < 1.29 is 14.5 Å². The second kappa shape index (κ2) is 7.40. The molecule has 0 unspecified atom stereocenters. The molecule has 26 heavy (non-hydrogen) atoms. The Morgan fingerprint density at radius 2 is 2.08 bits per heavy atom. The number of hydrogen-bond donors (Lipinski definition) is 2. The lowest BCUT2D eigenvalue weighted by molar-refractivity contribution is -0.384. The van der Waals surface area contributed by atoms with E-state index in [1.165, 1.54) is 24.3 Å². The Balaban J connectivity index is 1.75. The summed E-state index contributed by atoms with van der Waals surface area (Å²) in [6.07, 6.45) is 0. The molecular weight excluding hydrogens is 360 g/mol. The van der Waals surface area contributed by atoms with Crippen LogP contribution in [0.4, 0.5) is 17.1 Å². The SMILES string of the molecule is O=C1CN(c2ccc(NC(=O)c3cccc([N+](=O)[O-])c3)cc2Cl)CCN1. The summed E-state index contributed by atoms with van der Waals surface area (Å²) in [5, 5.41) is 16.6. The fourth-order valence-electron chi connectivity index (χ4n) is 2.65. The van der Waals surface area contributed by atoms with Crippen LogP contribution in [0.25, 0.3) is 0 Å². The molecule has 1 aliphatic heterocycles. The van der Waals surface area contributed by atoms with E-state index in [1.807, 2.05) is 4.90 Å². The van der Waals surface area contributed by atoms with Gasteiger partial charge in [0.25, 0.3) is 11.6 Å². The highest BCUT2D eigenvalue weighted by molar-refractivity contribution is 6.33. The first-order valence-corrected chi connectivity index (χ1v) is 8.19. The quantitative estimate of drug-likeness (QED) is 0.631. The van der Waals surface area contributed by atoms with Gasteiger partial charge in [0.05, 0.1) is 22.2 Å². The Kier molecular flexibility index (Phi) is 5.04. The molecule has 1 saturated heterocycles. The van der Waals surface area contributed by atoms with Crippen molar-refractivity contribution in [2.75, 3.05) is 29.9 Å². The van der Waals surface area contributed by atoms with Crippen molar-refractivity contribution in [3.8, 4) is 0 Å². The first-order chi connectivity index (χ1) is 12.4. The van der Waals surface area contributed by atoms with Crippen molar-refractivity contribution >= 4 is 40.5 Å². The number of benzene rings is 2. The molecule has 0 aromatic heterocycles. The van der Waals surface area contributed by atoms with Crippen molar-refractivity contribution in [2.24, 2.45) is 0 Å². The normalized spacial score (nSPS) is 13.9.